The van der Waals surface area contributed by atoms with Crippen LogP contribution in [0.4, 0.5) is 0 Å². The highest BCUT2D eigenvalue weighted by Gasteiger charge is 2.30. The Balaban J connectivity index is 1.71. The second kappa shape index (κ2) is 5.17. The summed E-state index contributed by atoms with van der Waals surface area (Å²) in [5.74, 6) is 0.843. The standard InChI is InChI=1S/C17H23N3O/c1-17(2,3)13-6-8-20(9-7-13)16(21)12-4-5-14-15(10-12)19-11-18-14/h4-5,10-11,13H,6-9H2,1-3H3,(H,18,19). The number of rotatable bonds is 1. The molecule has 21 heavy (non-hydrogen) atoms. The van der Waals surface area contributed by atoms with E-state index in [1.165, 1.54) is 0 Å². The Morgan fingerprint density at radius 2 is 2.00 bits per heavy atom. The molecule has 0 bridgehead atoms. The fourth-order valence-corrected chi connectivity index (χ4v) is 3.20. The second-order valence-electron chi connectivity index (χ2n) is 7.07. The smallest absolute Gasteiger partial charge is 0.253 e. The number of hydrogen-bond donors (Lipinski definition) is 1. The van der Waals surface area contributed by atoms with Crippen molar-refractivity contribution >= 4 is 16.9 Å². The summed E-state index contributed by atoms with van der Waals surface area (Å²) in [6, 6.07) is 5.68. The highest BCUT2D eigenvalue weighted by Crippen LogP contribution is 2.34. The van der Waals surface area contributed by atoms with Gasteiger partial charge in [-0.15, -0.1) is 0 Å². The number of nitrogens with zero attached hydrogens (tertiary/aromatic N) is 2. The first-order chi connectivity index (χ1) is 9.95. The van der Waals surface area contributed by atoms with E-state index in [0.29, 0.717) is 11.3 Å². The summed E-state index contributed by atoms with van der Waals surface area (Å²) >= 11 is 0. The van der Waals surface area contributed by atoms with E-state index >= 15 is 0 Å². The van der Waals surface area contributed by atoms with Crippen molar-refractivity contribution in [2.45, 2.75) is 33.6 Å². The van der Waals surface area contributed by atoms with Gasteiger partial charge in [0.2, 0.25) is 0 Å². The Morgan fingerprint density at radius 1 is 1.29 bits per heavy atom. The zero-order valence-electron chi connectivity index (χ0n) is 13.0. The van der Waals surface area contributed by atoms with Gasteiger partial charge >= 0.3 is 0 Å². The van der Waals surface area contributed by atoms with Crippen LogP contribution in [0.2, 0.25) is 0 Å². The number of aromatic amines is 1. The van der Waals surface area contributed by atoms with E-state index in [2.05, 4.69) is 30.7 Å². The topological polar surface area (TPSA) is 49.0 Å². The molecule has 0 atom stereocenters. The average Bonchev–Trinajstić information content (AvgIpc) is 2.93. The zero-order valence-corrected chi connectivity index (χ0v) is 13.0. The first kappa shape index (κ1) is 14.1. The molecule has 0 aliphatic carbocycles. The molecule has 1 N–H and O–H groups in total. The van der Waals surface area contributed by atoms with E-state index in [9.17, 15) is 4.79 Å². The number of imidazole rings is 1. The van der Waals surface area contributed by atoms with E-state index in [0.717, 1.165) is 42.5 Å². The number of amides is 1. The van der Waals surface area contributed by atoms with Gasteiger partial charge in [0.1, 0.15) is 0 Å². The van der Waals surface area contributed by atoms with Gasteiger partial charge in [0.25, 0.3) is 5.91 Å². The first-order valence-corrected chi connectivity index (χ1v) is 7.67. The van der Waals surface area contributed by atoms with Crippen LogP contribution in [-0.2, 0) is 0 Å². The fraction of sp³-hybridized carbons (Fsp3) is 0.529. The molecular weight excluding hydrogens is 262 g/mol. The summed E-state index contributed by atoms with van der Waals surface area (Å²) in [6.07, 6.45) is 3.86. The molecule has 0 unspecified atom stereocenters. The van der Waals surface area contributed by atoms with Crippen molar-refractivity contribution in [1.82, 2.24) is 14.9 Å². The first-order valence-electron chi connectivity index (χ1n) is 7.67. The summed E-state index contributed by atoms with van der Waals surface area (Å²) in [7, 11) is 0. The molecule has 112 valence electrons. The monoisotopic (exact) mass is 285 g/mol. The van der Waals surface area contributed by atoms with Gasteiger partial charge in [-0.1, -0.05) is 20.8 Å². The van der Waals surface area contributed by atoms with Crippen LogP contribution in [0.3, 0.4) is 0 Å². The van der Waals surface area contributed by atoms with E-state index in [-0.39, 0.29) is 5.91 Å². The van der Waals surface area contributed by atoms with Gasteiger partial charge in [-0.2, -0.15) is 0 Å². The van der Waals surface area contributed by atoms with Crippen molar-refractivity contribution in [3.8, 4) is 0 Å². The highest BCUT2D eigenvalue weighted by molar-refractivity contribution is 5.97. The molecule has 4 heteroatoms. The maximum atomic E-state index is 12.6. The molecule has 3 rings (SSSR count). The maximum Gasteiger partial charge on any atom is 0.253 e. The minimum absolute atomic E-state index is 0.138. The van der Waals surface area contributed by atoms with Gasteiger partial charge in [-0.3, -0.25) is 4.79 Å². The number of nitrogens with one attached hydrogen (secondary N) is 1. The van der Waals surface area contributed by atoms with Crippen molar-refractivity contribution in [2.75, 3.05) is 13.1 Å². The molecule has 0 radical (unpaired) electrons. The second-order valence-corrected chi connectivity index (χ2v) is 7.07. The number of carbonyl (C=O) groups is 1. The molecule has 2 aromatic rings. The Hall–Kier alpha value is -1.84. The van der Waals surface area contributed by atoms with Crippen LogP contribution in [0.15, 0.2) is 24.5 Å². The number of likely N-dealkylation sites (tertiary alicyclic amines) is 1. The number of fused-ring (bicyclic) bond motifs is 1. The van der Waals surface area contributed by atoms with Crippen LogP contribution in [0.1, 0.15) is 44.0 Å². The van der Waals surface area contributed by atoms with E-state index in [4.69, 9.17) is 0 Å². The van der Waals surface area contributed by atoms with Crippen LogP contribution in [-0.4, -0.2) is 33.9 Å². The summed E-state index contributed by atoms with van der Waals surface area (Å²) in [4.78, 5) is 21.9. The fourth-order valence-electron chi connectivity index (χ4n) is 3.20. The van der Waals surface area contributed by atoms with Crippen LogP contribution in [0.5, 0.6) is 0 Å². The molecular formula is C17H23N3O. The lowest BCUT2D eigenvalue weighted by atomic mass is 9.75. The van der Waals surface area contributed by atoms with Crippen LogP contribution in [0.25, 0.3) is 11.0 Å². The lowest BCUT2D eigenvalue weighted by Crippen LogP contribution is -2.41. The number of piperidine rings is 1. The normalized spacial score (nSPS) is 17.4. The summed E-state index contributed by atoms with van der Waals surface area (Å²) in [5, 5.41) is 0. The van der Waals surface area contributed by atoms with Gasteiger partial charge in [0, 0.05) is 18.7 Å². The average molecular weight is 285 g/mol. The third-order valence-corrected chi connectivity index (χ3v) is 4.67. The number of aromatic nitrogens is 2. The highest BCUT2D eigenvalue weighted by atomic mass is 16.2. The van der Waals surface area contributed by atoms with Gasteiger partial charge in [0.05, 0.1) is 17.4 Å². The summed E-state index contributed by atoms with van der Waals surface area (Å²) in [6.45, 7) is 8.60. The van der Waals surface area contributed by atoms with Gasteiger partial charge < -0.3 is 9.88 Å². The van der Waals surface area contributed by atoms with Crippen molar-refractivity contribution < 1.29 is 4.79 Å². The lowest BCUT2D eigenvalue weighted by Gasteiger charge is -2.38. The Bertz CT molecular complexity index is 645. The predicted molar refractivity (Wildman–Crippen MR) is 84.2 cm³/mol. The number of carbonyl (C=O) groups excluding carboxylic acids is 1. The van der Waals surface area contributed by atoms with Crippen molar-refractivity contribution in [2.24, 2.45) is 11.3 Å². The Morgan fingerprint density at radius 3 is 2.67 bits per heavy atom. The minimum atomic E-state index is 0.138. The van der Waals surface area contributed by atoms with E-state index in [1.54, 1.807) is 6.33 Å². The molecule has 1 aliphatic heterocycles. The van der Waals surface area contributed by atoms with Gasteiger partial charge in [0.15, 0.2) is 0 Å². The largest absolute Gasteiger partial charge is 0.345 e. The Labute approximate surface area is 125 Å². The van der Waals surface area contributed by atoms with Crippen molar-refractivity contribution in [3.63, 3.8) is 0 Å². The molecule has 0 saturated carbocycles. The Kier molecular flexibility index (Phi) is 3.47. The van der Waals surface area contributed by atoms with Crippen LogP contribution < -0.4 is 0 Å². The molecule has 1 aliphatic rings. The van der Waals surface area contributed by atoms with Gasteiger partial charge in [-0.25, -0.2) is 4.98 Å². The zero-order chi connectivity index (χ0) is 15.0. The van der Waals surface area contributed by atoms with Crippen LogP contribution in [0, 0.1) is 11.3 Å². The third-order valence-electron chi connectivity index (χ3n) is 4.67. The lowest BCUT2D eigenvalue weighted by molar-refractivity contribution is 0.0609. The quantitative estimate of drug-likeness (QED) is 0.872. The summed E-state index contributed by atoms with van der Waals surface area (Å²) < 4.78 is 0. The predicted octanol–water partition coefficient (Wildman–Crippen LogP) is 3.46. The van der Waals surface area contributed by atoms with Crippen LogP contribution >= 0.6 is 0 Å². The molecule has 4 nitrogen and oxygen atoms in total. The van der Waals surface area contributed by atoms with E-state index in [1.807, 2.05) is 23.1 Å². The van der Waals surface area contributed by atoms with Crippen molar-refractivity contribution in [3.05, 3.63) is 30.1 Å². The molecule has 1 aromatic carbocycles. The third kappa shape index (κ3) is 2.80. The van der Waals surface area contributed by atoms with E-state index < -0.39 is 0 Å². The number of H-pyrrole nitrogens is 1. The molecule has 1 fully saturated rings. The SMILES string of the molecule is CC(C)(C)C1CCN(C(=O)c2ccc3nc[nH]c3c2)CC1. The maximum absolute atomic E-state index is 12.6. The molecule has 1 amide bonds. The molecule has 1 saturated heterocycles. The minimum Gasteiger partial charge on any atom is -0.345 e. The summed E-state index contributed by atoms with van der Waals surface area (Å²) in [5.41, 5.74) is 2.91. The molecule has 0 spiro atoms. The number of benzene rings is 1. The van der Waals surface area contributed by atoms with Gasteiger partial charge in [-0.05, 0) is 42.4 Å². The number of hydrogen-bond acceptors (Lipinski definition) is 2. The molecule has 2 heterocycles. The molecule has 1 aromatic heterocycles. The van der Waals surface area contributed by atoms with Crippen molar-refractivity contribution in [1.29, 1.82) is 0 Å².